The highest BCUT2D eigenvalue weighted by atomic mass is 16.5. The van der Waals surface area contributed by atoms with Crippen molar-refractivity contribution in [1.82, 2.24) is 0 Å². The van der Waals surface area contributed by atoms with Crippen LogP contribution in [0.2, 0.25) is 0 Å². The minimum atomic E-state index is -1.08. The van der Waals surface area contributed by atoms with Gasteiger partial charge in [0.05, 0.1) is 27.2 Å². The van der Waals surface area contributed by atoms with Gasteiger partial charge in [0.1, 0.15) is 5.60 Å². The Kier molecular flexibility index (Phi) is 7.09. The number of hydrogen-bond donors (Lipinski definition) is 1. The molecule has 3 aromatic carbocycles. The van der Waals surface area contributed by atoms with Crippen molar-refractivity contribution >= 4 is 5.97 Å². The van der Waals surface area contributed by atoms with Crippen LogP contribution in [-0.2, 0) is 21.6 Å². The first-order valence-electron chi connectivity index (χ1n) is 9.77. The lowest BCUT2D eigenvalue weighted by molar-refractivity contribution is -0.144. The molecule has 0 amide bonds. The van der Waals surface area contributed by atoms with Crippen molar-refractivity contribution in [3.63, 3.8) is 0 Å². The second-order valence-corrected chi connectivity index (χ2v) is 6.92. The van der Waals surface area contributed by atoms with Crippen molar-refractivity contribution in [1.29, 1.82) is 0 Å². The monoisotopic (exact) mass is 406 g/mol. The molecule has 0 aliphatic carbocycles. The predicted molar refractivity (Wildman–Crippen MR) is 115 cm³/mol. The van der Waals surface area contributed by atoms with Crippen LogP contribution in [0.25, 0.3) is 0 Å². The lowest BCUT2D eigenvalue weighted by atomic mass is 9.83. The van der Waals surface area contributed by atoms with Crippen LogP contribution in [0.15, 0.2) is 78.9 Å². The first kappa shape index (κ1) is 21.4. The van der Waals surface area contributed by atoms with Gasteiger partial charge in [0.2, 0.25) is 0 Å². The minimum Gasteiger partial charge on any atom is -0.493 e. The normalized spacial score (nSPS) is 11.1. The van der Waals surface area contributed by atoms with Crippen LogP contribution in [0.5, 0.6) is 11.5 Å². The number of hydrogen-bond acceptors (Lipinski definition) is 4. The van der Waals surface area contributed by atoms with Gasteiger partial charge in [-0.1, -0.05) is 66.7 Å². The molecule has 0 bridgehead atoms. The van der Waals surface area contributed by atoms with Gasteiger partial charge in [0.25, 0.3) is 0 Å². The molecule has 0 aromatic heterocycles. The SMILES string of the molecule is COc1ccc(CCOC(CC(=O)O)(c2ccccc2)c2ccccc2)cc1OC. The topological polar surface area (TPSA) is 65.0 Å². The van der Waals surface area contributed by atoms with Crippen molar-refractivity contribution in [2.75, 3.05) is 20.8 Å². The van der Waals surface area contributed by atoms with E-state index in [1.165, 1.54) is 0 Å². The summed E-state index contributed by atoms with van der Waals surface area (Å²) < 4.78 is 17.1. The molecule has 156 valence electrons. The number of ether oxygens (including phenoxy) is 3. The first-order valence-corrected chi connectivity index (χ1v) is 9.77. The third-order valence-corrected chi connectivity index (χ3v) is 5.07. The molecule has 0 saturated carbocycles. The Labute approximate surface area is 176 Å². The van der Waals surface area contributed by atoms with E-state index in [2.05, 4.69) is 0 Å². The molecule has 0 atom stereocenters. The number of benzene rings is 3. The van der Waals surface area contributed by atoms with Crippen LogP contribution in [-0.4, -0.2) is 31.9 Å². The minimum absolute atomic E-state index is 0.174. The summed E-state index contributed by atoms with van der Waals surface area (Å²) in [6, 6.07) is 24.7. The van der Waals surface area contributed by atoms with Crippen molar-refractivity contribution in [2.45, 2.75) is 18.4 Å². The van der Waals surface area contributed by atoms with E-state index in [0.29, 0.717) is 24.5 Å². The molecule has 5 heteroatoms. The molecule has 3 rings (SSSR count). The lowest BCUT2D eigenvalue weighted by Crippen LogP contribution is -2.35. The van der Waals surface area contributed by atoms with E-state index < -0.39 is 11.6 Å². The van der Waals surface area contributed by atoms with Crippen molar-refractivity contribution in [2.24, 2.45) is 0 Å². The Morgan fingerprint density at radius 1 is 0.833 bits per heavy atom. The highest BCUT2D eigenvalue weighted by Gasteiger charge is 2.37. The van der Waals surface area contributed by atoms with E-state index in [4.69, 9.17) is 14.2 Å². The molecule has 0 aliphatic heterocycles. The van der Waals surface area contributed by atoms with Crippen molar-refractivity contribution < 1.29 is 24.1 Å². The van der Waals surface area contributed by atoms with E-state index in [-0.39, 0.29) is 6.42 Å². The van der Waals surface area contributed by atoms with Gasteiger partial charge < -0.3 is 19.3 Å². The van der Waals surface area contributed by atoms with Gasteiger partial charge in [-0.3, -0.25) is 4.79 Å². The average molecular weight is 406 g/mol. The Morgan fingerprint density at radius 3 is 1.90 bits per heavy atom. The van der Waals surface area contributed by atoms with Crippen LogP contribution in [0.1, 0.15) is 23.1 Å². The predicted octanol–water partition coefficient (Wildman–Crippen LogP) is 4.68. The smallest absolute Gasteiger partial charge is 0.307 e. The van der Waals surface area contributed by atoms with E-state index in [0.717, 1.165) is 16.7 Å². The fourth-order valence-electron chi connectivity index (χ4n) is 3.60. The zero-order valence-electron chi connectivity index (χ0n) is 17.2. The maximum atomic E-state index is 11.8. The van der Waals surface area contributed by atoms with Crippen LogP contribution in [0.3, 0.4) is 0 Å². The summed E-state index contributed by atoms with van der Waals surface area (Å²) in [4.78, 5) is 11.8. The van der Waals surface area contributed by atoms with Crippen molar-refractivity contribution in [3.8, 4) is 11.5 Å². The fourth-order valence-corrected chi connectivity index (χ4v) is 3.60. The van der Waals surface area contributed by atoms with E-state index >= 15 is 0 Å². The highest BCUT2D eigenvalue weighted by Crippen LogP contribution is 2.37. The molecule has 0 unspecified atom stereocenters. The summed E-state index contributed by atoms with van der Waals surface area (Å²) in [6.07, 6.45) is 0.425. The van der Waals surface area contributed by atoms with Gasteiger partial charge in [0.15, 0.2) is 11.5 Å². The van der Waals surface area contributed by atoms with E-state index in [1.807, 2.05) is 78.9 Å². The summed E-state index contributed by atoms with van der Waals surface area (Å²) in [6.45, 7) is 0.340. The number of carboxylic acid groups (broad SMARTS) is 1. The molecule has 1 N–H and O–H groups in total. The molecule has 5 nitrogen and oxygen atoms in total. The molecular formula is C25H26O5. The fraction of sp³-hybridized carbons (Fsp3) is 0.240. The Morgan fingerprint density at radius 2 is 1.40 bits per heavy atom. The van der Waals surface area contributed by atoms with Crippen LogP contribution in [0.4, 0.5) is 0 Å². The molecule has 0 fully saturated rings. The summed E-state index contributed by atoms with van der Waals surface area (Å²) in [5.74, 6) is 0.391. The van der Waals surface area contributed by atoms with Crippen LogP contribution in [0, 0.1) is 0 Å². The van der Waals surface area contributed by atoms with E-state index in [1.54, 1.807) is 14.2 Å². The lowest BCUT2D eigenvalue weighted by Gasteiger charge is -2.34. The zero-order valence-corrected chi connectivity index (χ0v) is 17.2. The maximum absolute atomic E-state index is 11.8. The van der Waals surface area contributed by atoms with Gasteiger partial charge >= 0.3 is 5.97 Å². The summed E-state index contributed by atoms with van der Waals surface area (Å²) in [5, 5.41) is 9.70. The van der Waals surface area contributed by atoms with Gasteiger partial charge in [0, 0.05) is 0 Å². The summed E-state index contributed by atoms with van der Waals surface area (Å²) >= 11 is 0. The highest BCUT2D eigenvalue weighted by molar-refractivity contribution is 5.70. The first-order chi connectivity index (χ1) is 14.6. The Balaban J connectivity index is 1.90. The van der Waals surface area contributed by atoms with Crippen molar-refractivity contribution in [3.05, 3.63) is 95.6 Å². The number of methoxy groups -OCH3 is 2. The van der Waals surface area contributed by atoms with Gasteiger partial charge in [-0.2, -0.15) is 0 Å². The molecule has 30 heavy (non-hydrogen) atoms. The molecular weight excluding hydrogens is 380 g/mol. The van der Waals surface area contributed by atoms with Crippen LogP contribution >= 0.6 is 0 Å². The second kappa shape index (κ2) is 9.94. The Bertz CT molecular complexity index is 914. The Hall–Kier alpha value is -3.31. The third-order valence-electron chi connectivity index (χ3n) is 5.07. The number of carbonyl (C=O) groups is 1. The molecule has 0 heterocycles. The molecule has 0 spiro atoms. The van der Waals surface area contributed by atoms with Gasteiger partial charge in [-0.25, -0.2) is 0 Å². The molecule has 0 radical (unpaired) electrons. The second-order valence-electron chi connectivity index (χ2n) is 6.92. The third kappa shape index (κ3) is 4.81. The summed E-state index contributed by atoms with van der Waals surface area (Å²) in [7, 11) is 3.20. The number of rotatable bonds is 10. The number of aliphatic carboxylic acids is 1. The molecule has 0 saturated heterocycles. The van der Waals surface area contributed by atoms with Gasteiger partial charge in [-0.05, 0) is 35.2 Å². The van der Waals surface area contributed by atoms with E-state index in [9.17, 15) is 9.90 Å². The zero-order chi connectivity index (χ0) is 21.4. The quantitative estimate of drug-likeness (QED) is 0.530. The van der Waals surface area contributed by atoms with Crippen LogP contribution < -0.4 is 9.47 Å². The largest absolute Gasteiger partial charge is 0.493 e. The molecule has 0 aliphatic rings. The number of carboxylic acids is 1. The molecule has 3 aromatic rings. The maximum Gasteiger partial charge on any atom is 0.307 e. The summed E-state index contributed by atoms with van der Waals surface area (Å²) in [5.41, 5.74) is 1.56. The standard InChI is InChI=1S/C25H26O5/c1-28-22-14-13-19(17-23(22)29-2)15-16-30-25(18-24(26)27,20-9-5-3-6-10-20)21-11-7-4-8-12-21/h3-14,17H,15-16,18H2,1-2H3,(H,26,27). The average Bonchev–Trinajstić information content (AvgIpc) is 2.79. The van der Waals surface area contributed by atoms with Gasteiger partial charge in [-0.15, -0.1) is 0 Å².